The first-order chi connectivity index (χ1) is 11.3. The van der Waals surface area contributed by atoms with Crippen molar-refractivity contribution in [2.75, 3.05) is 0 Å². The predicted octanol–water partition coefficient (Wildman–Crippen LogP) is 5.69. The van der Waals surface area contributed by atoms with E-state index >= 15 is 0 Å². The summed E-state index contributed by atoms with van der Waals surface area (Å²) in [5.74, 6) is 0. The van der Waals surface area contributed by atoms with Crippen molar-refractivity contribution in [1.82, 2.24) is 0 Å². The summed E-state index contributed by atoms with van der Waals surface area (Å²) >= 11 is 0. The third-order valence-corrected chi connectivity index (χ3v) is 2.36. The van der Waals surface area contributed by atoms with Crippen LogP contribution in [0.1, 0.15) is 25.7 Å². The Hall–Kier alpha value is -1.57. The lowest BCUT2D eigenvalue weighted by atomic mass is 10.1. The molecule has 0 saturated heterocycles. The molecule has 0 aromatic rings. The van der Waals surface area contributed by atoms with Crippen molar-refractivity contribution in [2.24, 2.45) is 0 Å². The predicted molar refractivity (Wildman–Crippen MR) is 57.8 cm³/mol. The highest BCUT2D eigenvalue weighted by atomic mass is 19.4. The molecule has 0 atom stereocenters. The molecule has 0 heterocycles. The first-order valence-corrected chi connectivity index (χ1v) is 6.40. The minimum absolute atomic E-state index is 2.33. The molecule has 26 heavy (non-hydrogen) atoms. The van der Waals surface area contributed by atoms with Gasteiger partial charge in [0.2, 0.25) is 0 Å². The van der Waals surface area contributed by atoms with Gasteiger partial charge in [-0.2, -0.15) is 52.7 Å². The topological polar surface area (TPSA) is 35.5 Å². The second-order valence-electron chi connectivity index (χ2n) is 5.01. The van der Waals surface area contributed by atoms with E-state index in [1.54, 1.807) is 0 Å². The zero-order valence-corrected chi connectivity index (χ0v) is 12.2. The van der Waals surface area contributed by atoms with Crippen LogP contribution in [0.4, 0.5) is 57.5 Å². The van der Waals surface area contributed by atoms with Crippen molar-refractivity contribution in [2.45, 2.75) is 62.6 Å². The number of hydrogen-bond donors (Lipinski definition) is 0. The SMILES string of the molecule is O=C(OC(CC(F)(F)F)CC(F)(F)F)OC(CC(F)(F)F)CC(F)(F)F. The molecule has 0 N–H and O–H groups in total. The van der Waals surface area contributed by atoms with E-state index in [2.05, 4.69) is 9.47 Å². The van der Waals surface area contributed by atoms with E-state index in [4.69, 9.17) is 0 Å². The summed E-state index contributed by atoms with van der Waals surface area (Å²) in [6.45, 7) is 0. The number of carbonyl (C=O) groups excluding carboxylic acids is 1. The molecule has 0 rings (SSSR count). The van der Waals surface area contributed by atoms with Crippen molar-refractivity contribution in [3.05, 3.63) is 0 Å². The third-order valence-electron chi connectivity index (χ3n) is 2.36. The van der Waals surface area contributed by atoms with Gasteiger partial charge in [0, 0.05) is 0 Å². The summed E-state index contributed by atoms with van der Waals surface area (Å²) in [7, 11) is 0. The van der Waals surface area contributed by atoms with Crippen LogP contribution in [-0.2, 0) is 9.47 Å². The van der Waals surface area contributed by atoms with Crippen molar-refractivity contribution in [3.8, 4) is 0 Å². The number of ether oxygens (including phenoxy) is 2. The third kappa shape index (κ3) is 14.7. The van der Waals surface area contributed by atoms with Gasteiger partial charge < -0.3 is 9.47 Å². The first-order valence-electron chi connectivity index (χ1n) is 6.40. The first kappa shape index (κ1) is 24.4. The molecule has 0 amide bonds. The van der Waals surface area contributed by atoms with Crippen LogP contribution in [0.15, 0.2) is 0 Å². The zero-order chi connectivity index (χ0) is 21.0. The average molecular weight is 418 g/mol. The maximum absolute atomic E-state index is 12.1. The van der Waals surface area contributed by atoms with Crippen molar-refractivity contribution in [3.63, 3.8) is 0 Å². The summed E-state index contributed by atoms with van der Waals surface area (Å²) in [6, 6.07) is 0. The molecule has 0 aromatic heterocycles. The lowest BCUT2D eigenvalue weighted by molar-refractivity contribution is -0.198. The lowest BCUT2D eigenvalue weighted by Crippen LogP contribution is -2.34. The fourth-order valence-corrected chi connectivity index (χ4v) is 1.64. The molecule has 0 aliphatic carbocycles. The maximum Gasteiger partial charge on any atom is 0.508 e. The van der Waals surface area contributed by atoms with Gasteiger partial charge in [-0.05, 0) is 0 Å². The Bertz CT molecular complexity index is 375. The monoisotopic (exact) mass is 418 g/mol. The molecule has 0 unspecified atom stereocenters. The minimum Gasteiger partial charge on any atom is -0.430 e. The fraction of sp³-hybridized carbons (Fsp3) is 0.909. The van der Waals surface area contributed by atoms with Gasteiger partial charge in [-0.25, -0.2) is 4.79 Å². The van der Waals surface area contributed by atoms with E-state index in [1.807, 2.05) is 0 Å². The van der Waals surface area contributed by atoms with Gasteiger partial charge in [0.25, 0.3) is 0 Å². The standard InChI is InChI=1S/C11H10F12O3/c12-8(13,14)1-5(2-9(15,16)17)25-7(24)26-6(3-10(18,19)20)4-11(21,22)23/h5-6H,1-4H2. The van der Waals surface area contributed by atoms with E-state index in [0.29, 0.717) is 0 Å². The molecule has 0 bridgehead atoms. The summed E-state index contributed by atoms with van der Waals surface area (Å²) in [5.41, 5.74) is 0. The Morgan fingerprint density at radius 1 is 0.538 bits per heavy atom. The molecule has 0 spiro atoms. The zero-order valence-electron chi connectivity index (χ0n) is 12.2. The highest BCUT2D eigenvalue weighted by Crippen LogP contribution is 2.33. The van der Waals surface area contributed by atoms with Crippen LogP contribution in [0.3, 0.4) is 0 Å². The molecule has 156 valence electrons. The molecule has 0 saturated carbocycles. The van der Waals surface area contributed by atoms with Crippen LogP contribution >= 0.6 is 0 Å². The van der Waals surface area contributed by atoms with Gasteiger partial charge in [-0.15, -0.1) is 0 Å². The summed E-state index contributed by atoms with van der Waals surface area (Å²) in [5, 5.41) is 0. The second kappa shape index (κ2) is 8.41. The smallest absolute Gasteiger partial charge is 0.430 e. The molecule has 3 nitrogen and oxygen atoms in total. The average Bonchev–Trinajstić information content (AvgIpc) is 2.16. The Balaban J connectivity index is 5.06. The quantitative estimate of drug-likeness (QED) is 0.411. The molecular formula is C11H10F12O3. The van der Waals surface area contributed by atoms with Crippen LogP contribution in [0, 0.1) is 0 Å². The van der Waals surface area contributed by atoms with Crippen molar-refractivity contribution >= 4 is 6.16 Å². The van der Waals surface area contributed by atoms with Crippen LogP contribution in [0.25, 0.3) is 0 Å². The summed E-state index contributed by atoms with van der Waals surface area (Å²) in [6.07, 6.45) is -38.7. The van der Waals surface area contributed by atoms with Crippen LogP contribution < -0.4 is 0 Å². The van der Waals surface area contributed by atoms with E-state index < -0.39 is 68.8 Å². The van der Waals surface area contributed by atoms with E-state index in [-0.39, 0.29) is 0 Å². The van der Waals surface area contributed by atoms with E-state index in [9.17, 15) is 57.5 Å². The molecule has 0 fully saturated rings. The molecule has 15 heteroatoms. The van der Waals surface area contributed by atoms with Crippen molar-refractivity contribution < 1.29 is 67.0 Å². The Kier molecular flexibility index (Phi) is 7.91. The van der Waals surface area contributed by atoms with Gasteiger partial charge in [-0.1, -0.05) is 0 Å². The van der Waals surface area contributed by atoms with Gasteiger partial charge in [0.05, 0.1) is 25.7 Å². The number of rotatable bonds is 6. The lowest BCUT2D eigenvalue weighted by Gasteiger charge is -2.23. The van der Waals surface area contributed by atoms with Gasteiger partial charge in [0.1, 0.15) is 12.2 Å². The number of carbonyl (C=O) groups is 1. The van der Waals surface area contributed by atoms with Gasteiger partial charge in [0.15, 0.2) is 0 Å². The van der Waals surface area contributed by atoms with Gasteiger partial charge >= 0.3 is 30.9 Å². The Labute approximate surface area is 137 Å². The fourth-order valence-electron chi connectivity index (χ4n) is 1.64. The molecule has 0 aliphatic rings. The Morgan fingerprint density at radius 3 is 0.885 bits per heavy atom. The number of hydrogen-bond acceptors (Lipinski definition) is 3. The van der Waals surface area contributed by atoms with Crippen molar-refractivity contribution in [1.29, 1.82) is 0 Å². The maximum atomic E-state index is 12.1. The van der Waals surface area contributed by atoms with Crippen LogP contribution in [-0.4, -0.2) is 43.1 Å². The molecular weight excluding hydrogens is 408 g/mol. The largest absolute Gasteiger partial charge is 0.508 e. The van der Waals surface area contributed by atoms with Crippen LogP contribution in [0.2, 0.25) is 0 Å². The highest BCUT2D eigenvalue weighted by molar-refractivity contribution is 5.60. The van der Waals surface area contributed by atoms with Crippen LogP contribution in [0.5, 0.6) is 0 Å². The minimum atomic E-state index is -5.26. The Morgan fingerprint density at radius 2 is 0.731 bits per heavy atom. The molecule has 0 radical (unpaired) electrons. The van der Waals surface area contributed by atoms with E-state index in [1.165, 1.54) is 0 Å². The second-order valence-corrected chi connectivity index (χ2v) is 5.01. The highest BCUT2D eigenvalue weighted by Gasteiger charge is 2.43. The van der Waals surface area contributed by atoms with E-state index in [0.717, 1.165) is 0 Å². The number of alkyl halides is 12. The molecule has 0 aliphatic heterocycles. The normalized spacial score (nSPS) is 14.1. The van der Waals surface area contributed by atoms with Gasteiger partial charge in [-0.3, -0.25) is 0 Å². The summed E-state index contributed by atoms with van der Waals surface area (Å²) in [4.78, 5) is 11.1. The number of halogens is 12. The summed E-state index contributed by atoms with van der Waals surface area (Å²) < 4.78 is 153. The molecule has 0 aromatic carbocycles.